The molecule has 0 radical (unpaired) electrons. The molecule has 0 saturated carbocycles. The van der Waals surface area contributed by atoms with Crippen molar-refractivity contribution < 1.29 is 9.21 Å². The number of aromatic nitrogens is 2. The standard InChI is InChI=1S/C22H19N3O2S/c1-15-4-2-5-18(14-15)22-25-24-21(27-22)17-9-7-16(8-10-17)20(26)23-12-11-19-6-3-13-28-19/h2-10,13-14H,11-12H2,1H3,(H,23,26). The summed E-state index contributed by atoms with van der Waals surface area (Å²) in [5.74, 6) is 0.823. The van der Waals surface area contributed by atoms with Crippen LogP contribution in [0.25, 0.3) is 22.9 Å². The lowest BCUT2D eigenvalue weighted by Crippen LogP contribution is -2.25. The van der Waals surface area contributed by atoms with Gasteiger partial charge in [-0.15, -0.1) is 21.5 Å². The van der Waals surface area contributed by atoms with Gasteiger partial charge in [0.1, 0.15) is 0 Å². The van der Waals surface area contributed by atoms with E-state index < -0.39 is 0 Å². The molecule has 0 spiro atoms. The van der Waals surface area contributed by atoms with E-state index in [-0.39, 0.29) is 5.91 Å². The van der Waals surface area contributed by atoms with Crippen molar-refractivity contribution in [3.8, 4) is 22.9 Å². The number of benzene rings is 2. The van der Waals surface area contributed by atoms with E-state index in [0.29, 0.717) is 23.9 Å². The molecule has 2 aromatic carbocycles. The Morgan fingerprint density at radius 1 is 1.00 bits per heavy atom. The number of carbonyl (C=O) groups is 1. The van der Waals surface area contributed by atoms with Crippen LogP contribution in [-0.2, 0) is 6.42 Å². The van der Waals surface area contributed by atoms with Crippen LogP contribution in [0.5, 0.6) is 0 Å². The molecule has 2 heterocycles. The molecule has 140 valence electrons. The summed E-state index contributed by atoms with van der Waals surface area (Å²) in [5, 5.41) is 13.2. The van der Waals surface area contributed by atoms with Gasteiger partial charge in [0.25, 0.3) is 5.91 Å². The summed E-state index contributed by atoms with van der Waals surface area (Å²) < 4.78 is 5.80. The number of hydrogen-bond donors (Lipinski definition) is 1. The van der Waals surface area contributed by atoms with Crippen LogP contribution in [0.1, 0.15) is 20.8 Å². The summed E-state index contributed by atoms with van der Waals surface area (Å²) in [5.41, 5.74) is 3.40. The van der Waals surface area contributed by atoms with Gasteiger partial charge < -0.3 is 9.73 Å². The molecule has 28 heavy (non-hydrogen) atoms. The Hall–Kier alpha value is -3.25. The Labute approximate surface area is 167 Å². The molecule has 2 aromatic heterocycles. The van der Waals surface area contributed by atoms with Gasteiger partial charge in [0.05, 0.1) is 0 Å². The van der Waals surface area contributed by atoms with Gasteiger partial charge in [0.15, 0.2) is 0 Å². The van der Waals surface area contributed by atoms with Crippen molar-refractivity contribution in [3.63, 3.8) is 0 Å². The first-order valence-corrected chi connectivity index (χ1v) is 9.88. The predicted octanol–water partition coefficient (Wildman–Crippen LogP) is 4.75. The van der Waals surface area contributed by atoms with E-state index in [4.69, 9.17) is 4.42 Å². The Morgan fingerprint density at radius 2 is 1.79 bits per heavy atom. The Balaban J connectivity index is 1.41. The van der Waals surface area contributed by atoms with E-state index in [1.165, 1.54) is 4.88 Å². The van der Waals surface area contributed by atoms with Crippen molar-refractivity contribution in [2.24, 2.45) is 0 Å². The van der Waals surface area contributed by atoms with Crippen LogP contribution >= 0.6 is 11.3 Å². The molecule has 0 aliphatic heterocycles. The number of thiophene rings is 1. The van der Waals surface area contributed by atoms with Crippen LogP contribution in [0, 0.1) is 6.92 Å². The summed E-state index contributed by atoms with van der Waals surface area (Å²) in [4.78, 5) is 13.5. The number of nitrogens with zero attached hydrogens (tertiary/aromatic N) is 2. The van der Waals surface area contributed by atoms with Gasteiger partial charge in [-0.3, -0.25) is 4.79 Å². The van der Waals surface area contributed by atoms with Gasteiger partial charge in [0.2, 0.25) is 11.8 Å². The minimum atomic E-state index is -0.0888. The molecule has 0 bridgehead atoms. The zero-order chi connectivity index (χ0) is 19.3. The van der Waals surface area contributed by atoms with Gasteiger partial charge in [-0.05, 0) is 61.2 Å². The van der Waals surface area contributed by atoms with E-state index in [1.807, 2.05) is 54.8 Å². The number of aryl methyl sites for hydroxylation is 1. The van der Waals surface area contributed by atoms with E-state index in [9.17, 15) is 4.79 Å². The zero-order valence-corrected chi connectivity index (χ0v) is 16.2. The number of hydrogen-bond acceptors (Lipinski definition) is 5. The molecule has 4 aromatic rings. The highest BCUT2D eigenvalue weighted by molar-refractivity contribution is 7.09. The third-order valence-corrected chi connectivity index (χ3v) is 5.26. The lowest BCUT2D eigenvalue weighted by atomic mass is 10.1. The maximum Gasteiger partial charge on any atom is 0.251 e. The minimum Gasteiger partial charge on any atom is -0.416 e. The van der Waals surface area contributed by atoms with Crippen molar-refractivity contribution in [1.82, 2.24) is 15.5 Å². The summed E-state index contributed by atoms with van der Waals surface area (Å²) >= 11 is 1.70. The second-order valence-electron chi connectivity index (χ2n) is 6.44. The largest absolute Gasteiger partial charge is 0.416 e. The molecule has 5 nitrogen and oxygen atoms in total. The van der Waals surface area contributed by atoms with Crippen LogP contribution in [0.15, 0.2) is 70.5 Å². The summed E-state index contributed by atoms with van der Waals surface area (Å²) in [6.45, 7) is 2.63. The predicted molar refractivity (Wildman–Crippen MR) is 110 cm³/mol. The normalized spacial score (nSPS) is 10.8. The number of nitrogens with one attached hydrogen (secondary N) is 1. The van der Waals surface area contributed by atoms with Crippen molar-refractivity contribution in [2.45, 2.75) is 13.3 Å². The fraction of sp³-hybridized carbons (Fsp3) is 0.136. The third kappa shape index (κ3) is 4.18. The highest BCUT2D eigenvalue weighted by atomic mass is 32.1. The van der Waals surface area contributed by atoms with Gasteiger partial charge in [-0.1, -0.05) is 23.8 Å². The third-order valence-electron chi connectivity index (χ3n) is 4.32. The topological polar surface area (TPSA) is 68.0 Å². The molecule has 6 heteroatoms. The first-order chi connectivity index (χ1) is 13.7. The highest BCUT2D eigenvalue weighted by Crippen LogP contribution is 2.24. The van der Waals surface area contributed by atoms with Crippen molar-refractivity contribution in [1.29, 1.82) is 0 Å². The lowest BCUT2D eigenvalue weighted by Gasteiger charge is -2.05. The molecule has 0 fully saturated rings. The van der Waals surface area contributed by atoms with Crippen molar-refractivity contribution in [2.75, 3.05) is 6.54 Å². The fourth-order valence-electron chi connectivity index (χ4n) is 2.85. The lowest BCUT2D eigenvalue weighted by molar-refractivity contribution is 0.0954. The van der Waals surface area contributed by atoms with Gasteiger partial charge in [-0.2, -0.15) is 0 Å². The maximum absolute atomic E-state index is 12.3. The van der Waals surface area contributed by atoms with Gasteiger partial charge in [-0.25, -0.2) is 0 Å². The second-order valence-corrected chi connectivity index (χ2v) is 7.48. The average molecular weight is 389 g/mol. The Bertz CT molecular complexity index is 1070. The maximum atomic E-state index is 12.3. The van der Waals surface area contributed by atoms with E-state index in [0.717, 1.165) is 23.1 Å². The van der Waals surface area contributed by atoms with Crippen LogP contribution in [-0.4, -0.2) is 22.6 Å². The summed E-state index contributed by atoms with van der Waals surface area (Å²) in [7, 11) is 0. The van der Waals surface area contributed by atoms with E-state index >= 15 is 0 Å². The first kappa shape index (κ1) is 18.1. The van der Waals surface area contributed by atoms with Crippen LogP contribution in [0.4, 0.5) is 0 Å². The zero-order valence-electron chi connectivity index (χ0n) is 15.4. The molecule has 0 saturated heterocycles. The van der Waals surface area contributed by atoms with Crippen molar-refractivity contribution in [3.05, 3.63) is 82.0 Å². The van der Waals surface area contributed by atoms with Crippen LogP contribution < -0.4 is 5.32 Å². The molecular weight excluding hydrogens is 370 g/mol. The van der Waals surface area contributed by atoms with Crippen LogP contribution in [0.2, 0.25) is 0 Å². The number of amides is 1. The fourth-order valence-corrected chi connectivity index (χ4v) is 3.56. The number of carbonyl (C=O) groups excluding carboxylic acids is 1. The minimum absolute atomic E-state index is 0.0888. The number of rotatable bonds is 6. The monoisotopic (exact) mass is 389 g/mol. The average Bonchev–Trinajstić information content (AvgIpc) is 3.40. The van der Waals surface area contributed by atoms with E-state index in [2.05, 4.69) is 21.6 Å². The molecular formula is C22H19N3O2S. The van der Waals surface area contributed by atoms with Gasteiger partial charge in [0, 0.05) is 28.1 Å². The van der Waals surface area contributed by atoms with Gasteiger partial charge >= 0.3 is 0 Å². The molecule has 0 aliphatic carbocycles. The quantitative estimate of drug-likeness (QED) is 0.517. The molecule has 0 unspecified atom stereocenters. The molecule has 0 atom stereocenters. The molecule has 1 N–H and O–H groups in total. The second kappa shape index (κ2) is 8.19. The summed E-state index contributed by atoms with van der Waals surface area (Å²) in [6, 6.07) is 19.2. The van der Waals surface area contributed by atoms with Crippen molar-refractivity contribution >= 4 is 17.2 Å². The molecule has 1 amide bonds. The molecule has 0 aliphatic rings. The Kier molecular flexibility index (Phi) is 5.30. The van der Waals surface area contributed by atoms with Crippen LogP contribution in [0.3, 0.4) is 0 Å². The SMILES string of the molecule is Cc1cccc(-c2nnc(-c3ccc(C(=O)NCCc4cccs4)cc3)o2)c1. The van der Waals surface area contributed by atoms with E-state index in [1.54, 1.807) is 23.5 Å². The first-order valence-electron chi connectivity index (χ1n) is 9.00. The highest BCUT2D eigenvalue weighted by Gasteiger charge is 2.12. The smallest absolute Gasteiger partial charge is 0.251 e. The summed E-state index contributed by atoms with van der Waals surface area (Å²) in [6.07, 6.45) is 0.839. The Morgan fingerprint density at radius 3 is 2.50 bits per heavy atom. The molecule has 4 rings (SSSR count).